The first-order valence-corrected chi connectivity index (χ1v) is 7.59. The number of anilines is 1. The number of thiophene rings is 1. The molecule has 0 bridgehead atoms. The number of rotatable bonds is 4. The Hall–Kier alpha value is -1.09. The number of sulfonamides is 1. The first kappa shape index (κ1) is 13.3. The van der Waals surface area contributed by atoms with Crippen LogP contribution in [0.5, 0.6) is 0 Å². The smallest absolute Gasteiger partial charge is 0.250 e. The molecule has 0 aliphatic carbocycles. The number of nitrogen functional groups attached to an aromatic ring is 1. The van der Waals surface area contributed by atoms with Gasteiger partial charge in [-0.2, -0.15) is 5.10 Å². The fraction of sp³-hybridized carbons (Fsp3) is 0.222. The van der Waals surface area contributed by atoms with Crippen molar-refractivity contribution in [3.8, 4) is 0 Å². The van der Waals surface area contributed by atoms with Gasteiger partial charge in [-0.25, -0.2) is 13.1 Å². The van der Waals surface area contributed by atoms with Crippen LogP contribution in [0, 0.1) is 0 Å². The standard InChI is InChI=1S/C9H11ClN4O2S2/c1-14-9(11)6(4-12-14)5-13-18(15,16)8-3-2-7(10)17-8/h2-4,13H,5,11H2,1H3. The quantitative estimate of drug-likeness (QED) is 0.888. The van der Waals surface area contributed by atoms with Crippen molar-refractivity contribution in [3.05, 3.63) is 28.2 Å². The van der Waals surface area contributed by atoms with Gasteiger partial charge in [-0.1, -0.05) is 11.6 Å². The van der Waals surface area contributed by atoms with E-state index < -0.39 is 10.0 Å². The van der Waals surface area contributed by atoms with E-state index in [1.807, 2.05) is 0 Å². The van der Waals surface area contributed by atoms with Crippen LogP contribution in [-0.2, 0) is 23.6 Å². The third-order valence-electron chi connectivity index (χ3n) is 2.33. The summed E-state index contributed by atoms with van der Waals surface area (Å²) in [5, 5.41) is 3.93. The topological polar surface area (TPSA) is 90.0 Å². The minimum absolute atomic E-state index is 0.0948. The van der Waals surface area contributed by atoms with Gasteiger partial charge in [0.25, 0.3) is 0 Å². The molecule has 0 saturated carbocycles. The van der Waals surface area contributed by atoms with Crippen LogP contribution in [0.25, 0.3) is 0 Å². The molecule has 2 rings (SSSR count). The van der Waals surface area contributed by atoms with Crippen molar-refractivity contribution in [2.24, 2.45) is 7.05 Å². The second-order valence-corrected chi connectivity index (χ2v) is 7.27. The van der Waals surface area contributed by atoms with Crippen molar-refractivity contribution in [1.82, 2.24) is 14.5 Å². The predicted molar refractivity (Wildman–Crippen MR) is 71.0 cm³/mol. The summed E-state index contributed by atoms with van der Waals surface area (Å²) in [6.07, 6.45) is 1.53. The minimum Gasteiger partial charge on any atom is -0.384 e. The normalized spacial score (nSPS) is 11.9. The van der Waals surface area contributed by atoms with Gasteiger partial charge in [0.05, 0.1) is 10.5 Å². The molecule has 98 valence electrons. The second kappa shape index (κ2) is 4.88. The van der Waals surface area contributed by atoms with Crippen LogP contribution in [0.1, 0.15) is 5.56 Å². The molecule has 0 aromatic carbocycles. The van der Waals surface area contributed by atoms with Gasteiger partial charge in [0.15, 0.2) is 0 Å². The lowest BCUT2D eigenvalue weighted by Gasteiger charge is -2.04. The molecule has 2 aromatic rings. The van der Waals surface area contributed by atoms with E-state index >= 15 is 0 Å². The maximum Gasteiger partial charge on any atom is 0.250 e. The van der Waals surface area contributed by atoms with E-state index in [1.54, 1.807) is 13.1 Å². The summed E-state index contributed by atoms with van der Waals surface area (Å²) >= 11 is 6.71. The third-order valence-corrected chi connectivity index (χ3v) is 5.45. The number of hydrogen-bond donors (Lipinski definition) is 2. The van der Waals surface area contributed by atoms with Crippen LogP contribution >= 0.6 is 22.9 Å². The molecule has 3 N–H and O–H groups in total. The van der Waals surface area contributed by atoms with E-state index in [0.29, 0.717) is 15.7 Å². The fourth-order valence-corrected chi connectivity index (χ4v) is 3.85. The SMILES string of the molecule is Cn1ncc(CNS(=O)(=O)c2ccc(Cl)s2)c1N. The molecule has 0 spiro atoms. The van der Waals surface area contributed by atoms with Crippen molar-refractivity contribution in [2.75, 3.05) is 5.73 Å². The van der Waals surface area contributed by atoms with Crippen LogP contribution in [0.3, 0.4) is 0 Å². The van der Waals surface area contributed by atoms with Crippen molar-refractivity contribution >= 4 is 38.8 Å². The summed E-state index contributed by atoms with van der Waals surface area (Å²) in [4.78, 5) is 0. The summed E-state index contributed by atoms with van der Waals surface area (Å²) in [5.41, 5.74) is 6.35. The van der Waals surface area contributed by atoms with Crippen LogP contribution in [-0.4, -0.2) is 18.2 Å². The summed E-state index contributed by atoms with van der Waals surface area (Å²) in [6, 6.07) is 3.00. The van der Waals surface area contributed by atoms with Gasteiger partial charge >= 0.3 is 0 Å². The Labute approximate surface area is 113 Å². The maximum atomic E-state index is 11.9. The molecule has 18 heavy (non-hydrogen) atoms. The zero-order valence-electron chi connectivity index (χ0n) is 9.42. The largest absolute Gasteiger partial charge is 0.384 e. The van der Waals surface area contributed by atoms with Crippen molar-refractivity contribution in [2.45, 2.75) is 10.8 Å². The number of aryl methyl sites for hydroxylation is 1. The van der Waals surface area contributed by atoms with Crippen molar-refractivity contribution < 1.29 is 8.42 Å². The average molecular weight is 307 g/mol. The molecule has 2 heterocycles. The maximum absolute atomic E-state index is 11.9. The molecule has 0 atom stereocenters. The van der Waals surface area contributed by atoms with Crippen LogP contribution in [0.4, 0.5) is 5.82 Å². The number of nitrogens with zero attached hydrogens (tertiary/aromatic N) is 2. The number of nitrogens with one attached hydrogen (secondary N) is 1. The molecule has 0 amide bonds. The molecule has 2 aromatic heterocycles. The van der Waals surface area contributed by atoms with Gasteiger partial charge in [-0.3, -0.25) is 4.68 Å². The van der Waals surface area contributed by atoms with Crippen molar-refractivity contribution in [3.63, 3.8) is 0 Å². The van der Waals surface area contributed by atoms with Gasteiger partial charge in [0.2, 0.25) is 10.0 Å². The monoisotopic (exact) mass is 306 g/mol. The van der Waals surface area contributed by atoms with E-state index in [-0.39, 0.29) is 10.8 Å². The molecule has 9 heteroatoms. The second-order valence-electron chi connectivity index (χ2n) is 3.56. The molecular formula is C9H11ClN4O2S2. The predicted octanol–water partition coefficient (Wildman–Crippen LogP) is 1.20. The minimum atomic E-state index is -3.55. The highest BCUT2D eigenvalue weighted by molar-refractivity contribution is 7.91. The third kappa shape index (κ3) is 2.66. The highest BCUT2D eigenvalue weighted by atomic mass is 35.5. The highest BCUT2D eigenvalue weighted by Gasteiger charge is 2.17. The lowest BCUT2D eigenvalue weighted by Crippen LogP contribution is -2.22. The van der Waals surface area contributed by atoms with Crippen LogP contribution in [0.15, 0.2) is 22.5 Å². The van der Waals surface area contributed by atoms with Gasteiger partial charge in [0, 0.05) is 19.2 Å². The van der Waals surface area contributed by atoms with Gasteiger partial charge in [-0.05, 0) is 12.1 Å². The first-order chi connectivity index (χ1) is 8.40. The molecule has 0 radical (unpaired) electrons. The summed E-state index contributed by atoms with van der Waals surface area (Å²) in [7, 11) is -1.87. The fourth-order valence-electron chi connectivity index (χ4n) is 1.31. The summed E-state index contributed by atoms with van der Waals surface area (Å²) in [5.74, 6) is 0.432. The Morgan fingerprint density at radius 2 is 2.28 bits per heavy atom. The Balaban J connectivity index is 2.13. The van der Waals surface area contributed by atoms with Gasteiger partial charge < -0.3 is 5.73 Å². The van der Waals surface area contributed by atoms with Crippen LogP contribution < -0.4 is 10.5 Å². The zero-order valence-corrected chi connectivity index (χ0v) is 11.8. The van der Waals surface area contributed by atoms with E-state index in [4.69, 9.17) is 17.3 Å². The Kier molecular flexibility index (Phi) is 3.62. The first-order valence-electron chi connectivity index (χ1n) is 4.91. The van der Waals surface area contributed by atoms with Gasteiger partial charge in [-0.15, -0.1) is 11.3 Å². The lowest BCUT2D eigenvalue weighted by molar-refractivity contribution is 0.583. The Bertz CT molecular complexity index is 662. The molecular weight excluding hydrogens is 296 g/mol. The summed E-state index contributed by atoms with van der Waals surface area (Å²) in [6.45, 7) is 0.0948. The Morgan fingerprint density at radius 1 is 1.56 bits per heavy atom. The number of halogens is 1. The van der Waals surface area contributed by atoms with Gasteiger partial charge in [0.1, 0.15) is 10.0 Å². The molecule has 6 nitrogen and oxygen atoms in total. The number of nitrogens with two attached hydrogens (primary N) is 1. The zero-order chi connectivity index (χ0) is 13.3. The van der Waals surface area contributed by atoms with Crippen molar-refractivity contribution in [1.29, 1.82) is 0 Å². The molecule has 0 aliphatic heterocycles. The van der Waals surface area contributed by atoms with Crippen LogP contribution in [0.2, 0.25) is 4.34 Å². The summed E-state index contributed by atoms with van der Waals surface area (Å²) < 4.78 is 28.3. The van der Waals surface area contributed by atoms with E-state index in [2.05, 4.69) is 9.82 Å². The highest BCUT2D eigenvalue weighted by Crippen LogP contribution is 2.25. The Morgan fingerprint density at radius 3 is 2.78 bits per heavy atom. The molecule has 0 saturated heterocycles. The van der Waals surface area contributed by atoms with E-state index in [0.717, 1.165) is 11.3 Å². The average Bonchev–Trinajstić information content (AvgIpc) is 2.86. The number of aromatic nitrogens is 2. The lowest BCUT2D eigenvalue weighted by atomic mass is 10.3. The molecule has 0 aliphatic rings. The van der Waals surface area contributed by atoms with E-state index in [9.17, 15) is 8.42 Å². The molecule has 0 unspecified atom stereocenters. The van der Waals surface area contributed by atoms with E-state index in [1.165, 1.54) is 16.9 Å². The molecule has 0 fully saturated rings. The number of hydrogen-bond acceptors (Lipinski definition) is 5.